The molecule has 4 saturated carbocycles. The summed E-state index contributed by atoms with van der Waals surface area (Å²) in [6, 6.07) is 0. The molecule has 0 aromatic rings. The van der Waals surface area contributed by atoms with Gasteiger partial charge in [-0.25, -0.2) is 0 Å². The molecule has 0 aromatic carbocycles. The summed E-state index contributed by atoms with van der Waals surface area (Å²) in [4.78, 5) is 0. The van der Waals surface area contributed by atoms with Gasteiger partial charge in [0, 0.05) is 48.9 Å². The Morgan fingerprint density at radius 1 is 0.455 bits per heavy atom. The fraction of sp³-hybridized carbons (Fsp3) is 1.00. The van der Waals surface area contributed by atoms with E-state index in [0.717, 1.165) is 0 Å². The SMILES string of the molecule is C1C2CC3CC1CC(C2)C3.[Ba]. The second-order valence-electron chi connectivity index (χ2n) is 4.88. The molecule has 4 rings (SSSR count). The Morgan fingerprint density at radius 2 is 0.636 bits per heavy atom. The molecule has 0 nitrogen and oxygen atoms in total. The summed E-state index contributed by atoms with van der Waals surface area (Å²) in [6.07, 6.45) is 9.62. The molecule has 4 fully saturated rings. The van der Waals surface area contributed by atoms with Crippen LogP contribution < -0.4 is 0 Å². The van der Waals surface area contributed by atoms with Crippen molar-refractivity contribution >= 4 is 48.9 Å². The minimum atomic E-state index is 0. The molecule has 0 spiro atoms. The Bertz CT molecular complexity index is 96.4. The number of rotatable bonds is 0. The van der Waals surface area contributed by atoms with Gasteiger partial charge in [-0.2, -0.15) is 0 Å². The van der Waals surface area contributed by atoms with Gasteiger partial charge in [-0.3, -0.25) is 0 Å². The zero-order valence-electron chi connectivity index (χ0n) is 7.26. The van der Waals surface area contributed by atoms with Crippen molar-refractivity contribution in [1.82, 2.24) is 0 Å². The Labute approximate surface area is 110 Å². The van der Waals surface area contributed by atoms with Gasteiger partial charge in [0.2, 0.25) is 0 Å². The summed E-state index contributed by atoms with van der Waals surface area (Å²) >= 11 is 0. The normalized spacial score (nSPS) is 52.4. The fourth-order valence-corrected chi connectivity index (χ4v) is 3.98. The van der Waals surface area contributed by atoms with Crippen molar-refractivity contribution in [3.8, 4) is 0 Å². The van der Waals surface area contributed by atoms with E-state index in [1.807, 2.05) is 0 Å². The van der Waals surface area contributed by atoms with Crippen molar-refractivity contribution in [3.05, 3.63) is 0 Å². The maximum absolute atomic E-state index is 1.60. The van der Waals surface area contributed by atoms with Gasteiger partial charge in [-0.05, 0) is 62.2 Å². The van der Waals surface area contributed by atoms with Crippen molar-refractivity contribution in [2.24, 2.45) is 23.7 Å². The van der Waals surface area contributed by atoms with Crippen molar-refractivity contribution < 1.29 is 0 Å². The Kier molecular flexibility index (Phi) is 2.80. The van der Waals surface area contributed by atoms with E-state index >= 15 is 0 Å². The van der Waals surface area contributed by atoms with E-state index in [9.17, 15) is 0 Å². The first-order chi connectivity index (χ1) is 4.90. The summed E-state index contributed by atoms with van der Waals surface area (Å²) in [5, 5.41) is 0. The molecule has 4 bridgehead atoms. The van der Waals surface area contributed by atoms with Crippen LogP contribution in [0.4, 0.5) is 0 Å². The quantitative estimate of drug-likeness (QED) is 0.595. The molecule has 4 aliphatic carbocycles. The number of hydrogen-bond donors (Lipinski definition) is 0. The van der Waals surface area contributed by atoms with Crippen molar-refractivity contribution in [2.45, 2.75) is 38.5 Å². The maximum atomic E-state index is 1.60. The molecular formula is C10H16Ba. The van der Waals surface area contributed by atoms with Gasteiger partial charge in [-0.1, -0.05) is 0 Å². The molecule has 0 atom stereocenters. The monoisotopic (exact) mass is 274 g/mol. The first-order valence-electron chi connectivity index (χ1n) is 4.90. The van der Waals surface area contributed by atoms with Crippen LogP contribution in [0.1, 0.15) is 38.5 Å². The molecule has 11 heavy (non-hydrogen) atoms. The van der Waals surface area contributed by atoms with Crippen molar-refractivity contribution in [2.75, 3.05) is 0 Å². The largest absolute Gasteiger partial charge is 0.0475 e. The van der Waals surface area contributed by atoms with Crippen molar-refractivity contribution in [3.63, 3.8) is 0 Å². The van der Waals surface area contributed by atoms with Crippen LogP contribution in [-0.2, 0) is 0 Å². The van der Waals surface area contributed by atoms with Gasteiger partial charge in [0.15, 0.2) is 0 Å². The second-order valence-corrected chi connectivity index (χ2v) is 4.88. The zero-order valence-corrected chi connectivity index (χ0v) is 11.7. The molecule has 0 heterocycles. The van der Waals surface area contributed by atoms with Crippen LogP contribution in [0.25, 0.3) is 0 Å². The van der Waals surface area contributed by atoms with Gasteiger partial charge in [0.25, 0.3) is 0 Å². The summed E-state index contributed by atoms with van der Waals surface area (Å²) in [5.41, 5.74) is 0. The summed E-state index contributed by atoms with van der Waals surface area (Å²) in [6.45, 7) is 0. The van der Waals surface area contributed by atoms with Gasteiger partial charge >= 0.3 is 0 Å². The minimum absolute atomic E-state index is 0. The van der Waals surface area contributed by atoms with Crippen LogP contribution in [0.3, 0.4) is 0 Å². The van der Waals surface area contributed by atoms with Crippen molar-refractivity contribution in [1.29, 1.82) is 0 Å². The molecule has 0 unspecified atom stereocenters. The molecule has 0 saturated heterocycles. The van der Waals surface area contributed by atoms with E-state index in [1.54, 1.807) is 38.5 Å². The molecular weight excluding hydrogens is 257 g/mol. The third-order valence-corrected chi connectivity index (χ3v) is 4.00. The summed E-state index contributed by atoms with van der Waals surface area (Å²) in [7, 11) is 0. The average molecular weight is 274 g/mol. The van der Waals surface area contributed by atoms with Gasteiger partial charge in [-0.15, -0.1) is 0 Å². The van der Waals surface area contributed by atoms with Gasteiger partial charge in [0.05, 0.1) is 0 Å². The van der Waals surface area contributed by atoms with Crippen LogP contribution in [0.15, 0.2) is 0 Å². The van der Waals surface area contributed by atoms with E-state index in [4.69, 9.17) is 0 Å². The summed E-state index contributed by atoms with van der Waals surface area (Å²) in [5.74, 6) is 4.71. The van der Waals surface area contributed by atoms with Crippen LogP contribution in [0, 0.1) is 23.7 Å². The number of hydrogen-bond acceptors (Lipinski definition) is 0. The third kappa shape index (κ3) is 1.62. The topological polar surface area (TPSA) is 0 Å². The van der Waals surface area contributed by atoms with Crippen LogP contribution in [-0.4, -0.2) is 48.9 Å². The third-order valence-electron chi connectivity index (χ3n) is 4.00. The molecule has 1 heteroatoms. The van der Waals surface area contributed by atoms with E-state index < -0.39 is 0 Å². The first kappa shape index (κ1) is 9.14. The Balaban J connectivity index is 0.000000480. The summed E-state index contributed by atoms with van der Waals surface area (Å²) < 4.78 is 0. The van der Waals surface area contributed by atoms with Gasteiger partial charge in [0.1, 0.15) is 0 Å². The zero-order chi connectivity index (χ0) is 6.55. The van der Waals surface area contributed by atoms with Crippen LogP contribution >= 0.6 is 0 Å². The Morgan fingerprint density at radius 3 is 0.818 bits per heavy atom. The Hall–Kier alpha value is 1.57. The van der Waals surface area contributed by atoms with Crippen LogP contribution in [0.2, 0.25) is 0 Å². The predicted molar refractivity (Wildman–Crippen MR) is 47.4 cm³/mol. The second kappa shape index (κ2) is 3.38. The molecule has 0 aliphatic heterocycles. The predicted octanol–water partition coefficient (Wildman–Crippen LogP) is 2.45. The molecule has 0 amide bonds. The molecule has 4 aliphatic rings. The molecule has 0 aromatic heterocycles. The van der Waals surface area contributed by atoms with Crippen LogP contribution in [0.5, 0.6) is 0 Å². The van der Waals surface area contributed by atoms with E-state index in [-0.39, 0.29) is 48.9 Å². The molecule has 58 valence electrons. The average Bonchev–Trinajstić information content (AvgIpc) is 1.82. The standard InChI is InChI=1S/C10H16.Ba/c1-7-2-9-4-8(1)5-10(3-7)6-9;/h7-10H,1-6H2;. The molecule has 0 N–H and O–H groups in total. The van der Waals surface area contributed by atoms with Gasteiger partial charge < -0.3 is 0 Å². The molecule has 2 radical (unpaired) electrons. The van der Waals surface area contributed by atoms with E-state index in [2.05, 4.69) is 0 Å². The van der Waals surface area contributed by atoms with E-state index in [0.29, 0.717) is 0 Å². The first-order valence-corrected chi connectivity index (χ1v) is 4.90. The smallest absolute Gasteiger partial charge is 0 e. The fourth-order valence-electron chi connectivity index (χ4n) is 3.98. The minimum Gasteiger partial charge on any atom is -0.0475 e. The maximum Gasteiger partial charge on any atom is 0 e. The van der Waals surface area contributed by atoms with E-state index in [1.165, 1.54) is 23.7 Å².